The Bertz CT molecular complexity index is 604. The lowest BCUT2D eigenvalue weighted by atomic mass is 10.00. The van der Waals surface area contributed by atoms with Gasteiger partial charge in [-0.05, 0) is 35.9 Å². The number of hydrogen-bond acceptors (Lipinski definition) is 2. The van der Waals surface area contributed by atoms with Gasteiger partial charge in [0.15, 0.2) is 11.6 Å². The summed E-state index contributed by atoms with van der Waals surface area (Å²) in [4.78, 5) is 0. The molecule has 2 nitrogen and oxygen atoms in total. The van der Waals surface area contributed by atoms with Gasteiger partial charge >= 0.3 is 0 Å². The number of anilines is 1. The maximum atomic E-state index is 13.1. The average Bonchev–Trinajstić information content (AvgIpc) is 2.36. The minimum absolute atomic E-state index is 0.165. The Balaban J connectivity index is 2.22. The van der Waals surface area contributed by atoms with Gasteiger partial charge in [-0.3, -0.25) is 0 Å². The summed E-state index contributed by atoms with van der Waals surface area (Å²) < 4.78 is 26.7. The van der Waals surface area contributed by atoms with Crippen molar-refractivity contribution in [1.82, 2.24) is 0 Å². The zero-order valence-electron chi connectivity index (χ0n) is 9.91. The predicted octanol–water partition coefficient (Wildman–Crippen LogP) is 3.59. The van der Waals surface area contributed by atoms with Crippen molar-refractivity contribution in [2.24, 2.45) is 0 Å². The minimum atomic E-state index is -0.924. The Kier molecular flexibility index (Phi) is 4.17. The number of aliphatic hydroxyl groups is 1. The molecule has 0 aliphatic rings. The molecule has 1 unspecified atom stereocenters. The van der Waals surface area contributed by atoms with Gasteiger partial charge in [-0.1, -0.05) is 22.0 Å². The molecule has 100 valence electrons. The summed E-state index contributed by atoms with van der Waals surface area (Å²) in [6.45, 7) is 0. The first-order valence-corrected chi connectivity index (χ1v) is 6.43. The second kappa shape index (κ2) is 5.67. The summed E-state index contributed by atoms with van der Waals surface area (Å²) in [5.41, 5.74) is 7.30. The maximum absolute atomic E-state index is 13.1. The molecule has 2 aromatic carbocycles. The van der Waals surface area contributed by atoms with E-state index in [1.807, 2.05) is 0 Å². The second-order valence-corrected chi connectivity index (χ2v) is 5.16. The molecule has 3 N–H and O–H groups in total. The molecule has 0 aromatic heterocycles. The topological polar surface area (TPSA) is 46.2 Å². The molecule has 0 aliphatic heterocycles. The zero-order valence-corrected chi connectivity index (χ0v) is 11.5. The van der Waals surface area contributed by atoms with Crippen LogP contribution in [-0.4, -0.2) is 5.11 Å². The second-order valence-electron chi connectivity index (χ2n) is 4.24. The van der Waals surface area contributed by atoms with Crippen molar-refractivity contribution < 1.29 is 13.9 Å². The Morgan fingerprint density at radius 3 is 2.53 bits per heavy atom. The van der Waals surface area contributed by atoms with E-state index in [-0.39, 0.29) is 6.42 Å². The summed E-state index contributed by atoms with van der Waals surface area (Å²) in [7, 11) is 0. The summed E-state index contributed by atoms with van der Waals surface area (Å²) >= 11 is 3.29. The van der Waals surface area contributed by atoms with E-state index in [1.54, 1.807) is 18.2 Å². The van der Waals surface area contributed by atoms with Gasteiger partial charge in [0.05, 0.1) is 6.10 Å². The molecule has 2 rings (SSSR count). The molecule has 0 spiro atoms. The van der Waals surface area contributed by atoms with Crippen LogP contribution in [0.25, 0.3) is 0 Å². The molecule has 0 aliphatic carbocycles. The highest BCUT2D eigenvalue weighted by Crippen LogP contribution is 2.27. The van der Waals surface area contributed by atoms with Crippen LogP contribution in [0.2, 0.25) is 0 Å². The molecule has 1 atom stereocenters. The first kappa shape index (κ1) is 14.0. The van der Waals surface area contributed by atoms with E-state index in [0.29, 0.717) is 16.8 Å². The Morgan fingerprint density at radius 2 is 1.84 bits per heavy atom. The highest BCUT2D eigenvalue weighted by molar-refractivity contribution is 9.10. The molecule has 0 bridgehead atoms. The normalized spacial score (nSPS) is 12.4. The van der Waals surface area contributed by atoms with Crippen molar-refractivity contribution in [2.75, 3.05) is 5.73 Å². The summed E-state index contributed by atoms with van der Waals surface area (Å²) in [6, 6.07) is 8.71. The fourth-order valence-electron chi connectivity index (χ4n) is 1.83. The van der Waals surface area contributed by atoms with Crippen LogP contribution in [0, 0.1) is 11.6 Å². The number of aliphatic hydroxyl groups excluding tert-OH is 1. The third kappa shape index (κ3) is 3.30. The maximum Gasteiger partial charge on any atom is 0.159 e. The van der Waals surface area contributed by atoms with Crippen molar-refractivity contribution in [3.63, 3.8) is 0 Å². The van der Waals surface area contributed by atoms with Crippen molar-refractivity contribution in [1.29, 1.82) is 0 Å². The van der Waals surface area contributed by atoms with E-state index in [9.17, 15) is 13.9 Å². The number of benzene rings is 2. The van der Waals surface area contributed by atoms with Gasteiger partial charge in [-0.15, -0.1) is 0 Å². The van der Waals surface area contributed by atoms with Gasteiger partial charge in [0.2, 0.25) is 0 Å². The minimum Gasteiger partial charge on any atom is -0.398 e. The van der Waals surface area contributed by atoms with Crippen LogP contribution in [-0.2, 0) is 6.42 Å². The molecule has 0 radical (unpaired) electrons. The van der Waals surface area contributed by atoms with Crippen LogP contribution in [0.15, 0.2) is 40.9 Å². The van der Waals surface area contributed by atoms with Crippen LogP contribution in [0.5, 0.6) is 0 Å². The zero-order chi connectivity index (χ0) is 14.0. The Labute approximate surface area is 118 Å². The molecule has 5 heteroatoms. The standard InChI is InChI=1S/C14H12BrF2NO/c15-9-2-4-13(18)10(7-9)14(19)6-8-1-3-11(16)12(17)5-8/h1-5,7,14,19H,6,18H2. The van der Waals surface area contributed by atoms with Crippen molar-refractivity contribution in [2.45, 2.75) is 12.5 Å². The van der Waals surface area contributed by atoms with Gasteiger partial charge in [0, 0.05) is 22.1 Å². The van der Waals surface area contributed by atoms with Crippen LogP contribution >= 0.6 is 15.9 Å². The summed E-state index contributed by atoms with van der Waals surface area (Å²) in [5, 5.41) is 10.1. The Morgan fingerprint density at radius 1 is 1.11 bits per heavy atom. The lowest BCUT2D eigenvalue weighted by molar-refractivity contribution is 0.179. The van der Waals surface area contributed by atoms with E-state index < -0.39 is 17.7 Å². The van der Waals surface area contributed by atoms with E-state index in [1.165, 1.54) is 6.07 Å². The fraction of sp³-hybridized carbons (Fsp3) is 0.143. The number of nitrogen functional groups attached to an aromatic ring is 1. The number of rotatable bonds is 3. The van der Waals surface area contributed by atoms with Gasteiger partial charge in [0.1, 0.15) is 0 Å². The summed E-state index contributed by atoms with van der Waals surface area (Å²) in [5.74, 6) is -1.83. The molecule has 0 amide bonds. The van der Waals surface area contributed by atoms with Crippen molar-refractivity contribution in [3.8, 4) is 0 Å². The number of hydrogen-bond donors (Lipinski definition) is 2. The molecule has 0 heterocycles. The monoisotopic (exact) mass is 327 g/mol. The molecule has 0 fully saturated rings. The van der Waals surface area contributed by atoms with E-state index in [2.05, 4.69) is 15.9 Å². The highest BCUT2D eigenvalue weighted by atomic mass is 79.9. The van der Waals surface area contributed by atoms with Gasteiger partial charge in [0.25, 0.3) is 0 Å². The molecular formula is C14H12BrF2NO. The first-order chi connectivity index (χ1) is 8.97. The molecular weight excluding hydrogens is 316 g/mol. The van der Waals surface area contributed by atoms with Crippen LogP contribution in [0.4, 0.5) is 14.5 Å². The van der Waals surface area contributed by atoms with E-state index >= 15 is 0 Å². The first-order valence-electron chi connectivity index (χ1n) is 5.64. The SMILES string of the molecule is Nc1ccc(Br)cc1C(O)Cc1ccc(F)c(F)c1. The molecule has 0 saturated carbocycles. The van der Waals surface area contributed by atoms with Crippen LogP contribution < -0.4 is 5.73 Å². The average molecular weight is 328 g/mol. The quantitative estimate of drug-likeness (QED) is 0.846. The van der Waals surface area contributed by atoms with E-state index in [0.717, 1.165) is 16.6 Å². The van der Waals surface area contributed by atoms with Gasteiger partial charge in [-0.25, -0.2) is 8.78 Å². The third-order valence-electron chi connectivity index (χ3n) is 2.82. The van der Waals surface area contributed by atoms with Crippen LogP contribution in [0.3, 0.4) is 0 Å². The van der Waals surface area contributed by atoms with Crippen molar-refractivity contribution >= 4 is 21.6 Å². The molecule has 19 heavy (non-hydrogen) atoms. The lowest BCUT2D eigenvalue weighted by Crippen LogP contribution is -2.06. The van der Waals surface area contributed by atoms with Crippen LogP contribution in [0.1, 0.15) is 17.2 Å². The lowest BCUT2D eigenvalue weighted by Gasteiger charge is -2.14. The third-order valence-corrected chi connectivity index (χ3v) is 3.31. The van der Waals surface area contributed by atoms with E-state index in [4.69, 9.17) is 5.73 Å². The van der Waals surface area contributed by atoms with Crippen molar-refractivity contribution in [3.05, 3.63) is 63.6 Å². The number of nitrogens with two attached hydrogens (primary N) is 1. The Hall–Kier alpha value is -1.46. The smallest absolute Gasteiger partial charge is 0.159 e. The van der Waals surface area contributed by atoms with Gasteiger partial charge < -0.3 is 10.8 Å². The largest absolute Gasteiger partial charge is 0.398 e. The molecule has 2 aromatic rings. The molecule has 0 saturated heterocycles. The van der Waals surface area contributed by atoms with Gasteiger partial charge in [-0.2, -0.15) is 0 Å². The fourth-order valence-corrected chi connectivity index (χ4v) is 2.21. The summed E-state index contributed by atoms with van der Waals surface area (Å²) in [6.07, 6.45) is -0.708. The predicted molar refractivity (Wildman–Crippen MR) is 73.6 cm³/mol. The highest BCUT2D eigenvalue weighted by Gasteiger charge is 2.13. The number of halogens is 3.